The molecule has 0 radical (unpaired) electrons. The third-order valence-corrected chi connectivity index (χ3v) is 2.96. The van der Waals surface area contributed by atoms with Crippen LogP contribution in [0.15, 0.2) is 29.9 Å². The van der Waals surface area contributed by atoms with Gasteiger partial charge in [0, 0.05) is 6.20 Å². The predicted molar refractivity (Wildman–Crippen MR) is 65.7 cm³/mol. The number of aromatic nitrogens is 1. The number of thiophene rings is 1. The molecule has 0 aliphatic heterocycles. The average Bonchev–Trinajstić information content (AvgIpc) is 2.64. The molecule has 0 aliphatic carbocycles. The fourth-order valence-corrected chi connectivity index (χ4v) is 2.03. The molecule has 2 rings (SSSR count). The summed E-state index contributed by atoms with van der Waals surface area (Å²) in [5, 5.41) is 4.55. The van der Waals surface area contributed by atoms with Crippen LogP contribution < -0.4 is 11.1 Å². The molecule has 0 saturated carbocycles. The van der Waals surface area contributed by atoms with Gasteiger partial charge in [-0.2, -0.15) is 0 Å². The van der Waals surface area contributed by atoms with Gasteiger partial charge in [-0.25, -0.2) is 0 Å². The Hall–Kier alpha value is -1.88. The number of nitrogen functional groups attached to an aromatic ring is 1. The van der Waals surface area contributed by atoms with Crippen LogP contribution in [0.1, 0.15) is 15.2 Å². The van der Waals surface area contributed by atoms with Gasteiger partial charge in [0.15, 0.2) is 0 Å². The largest absolute Gasteiger partial charge is 0.397 e. The Labute approximate surface area is 97.1 Å². The lowest BCUT2D eigenvalue weighted by molar-refractivity contribution is 0.103. The fourth-order valence-electron chi connectivity index (χ4n) is 1.31. The van der Waals surface area contributed by atoms with Crippen LogP contribution in [-0.4, -0.2) is 10.9 Å². The summed E-state index contributed by atoms with van der Waals surface area (Å²) in [6, 6.07) is 3.57. The first-order valence-corrected chi connectivity index (χ1v) is 5.61. The number of carbonyl (C=O) groups is 1. The summed E-state index contributed by atoms with van der Waals surface area (Å²) in [5.41, 5.74) is 7.84. The first kappa shape index (κ1) is 10.6. The fraction of sp³-hybridized carbons (Fsp3) is 0.0909. The number of pyridine rings is 1. The second-order valence-corrected chi connectivity index (χ2v) is 4.33. The van der Waals surface area contributed by atoms with Crippen molar-refractivity contribution in [1.82, 2.24) is 4.98 Å². The first-order chi connectivity index (χ1) is 7.66. The smallest absolute Gasteiger partial charge is 0.267 e. The lowest BCUT2D eigenvalue weighted by atomic mass is 10.3. The monoisotopic (exact) mass is 233 g/mol. The number of hydrogen-bond acceptors (Lipinski definition) is 4. The van der Waals surface area contributed by atoms with Crippen molar-refractivity contribution < 1.29 is 4.79 Å². The molecular formula is C11H11N3OS. The first-order valence-electron chi connectivity index (χ1n) is 4.73. The van der Waals surface area contributed by atoms with E-state index in [2.05, 4.69) is 10.3 Å². The molecule has 0 unspecified atom stereocenters. The van der Waals surface area contributed by atoms with Crippen molar-refractivity contribution >= 4 is 28.6 Å². The van der Waals surface area contributed by atoms with E-state index in [1.54, 1.807) is 23.8 Å². The zero-order valence-electron chi connectivity index (χ0n) is 8.73. The van der Waals surface area contributed by atoms with Crippen LogP contribution >= 0.6 is 11.3 Å². The number of carbonyl (C=O) groups excluding carboxylic acids is 1. The molecule has 0 saturated heterocycles. The van der Waals surface area contributed by atoms with Crippen LogP contribution in [-0.2, 0) is 0 Å². The van der Waals surface area contributed by atoms with E-state index in [1.807, 2.05) is 13.0 Å². The van der Waals surface area contributed by atoms with Gasteiger partial charge >= 0.3 is 0 Å². The van der Waals surface area contributed by atoms with Crippen molar-refractivity contribution in [3.8, 4) is 0 Å². The standard InChI is InChI=1S/C11H11N3OS/c1-7-4-8(6-13-5-7)14-11(15)10-9(12)2-3-16-10/h2-6H,12H2,1H3,(H,14,15). The van der Waals surface area contributed by atoms with E-state index in [1.165, 1.54) is 11.3 Å². The number of aryl methyl sites for hydroxylation is 1. The molecule has 3 N–H and O–H groups in total. The summed E-state index contributed by atoms with van der Waals surface area (Å²) in [5.74, 6) is -0.195. The van der Waals surface area contributed by atoms with E-state index in [-0.39, 0.29) is 5.91 Å². The topological polar surface area (TPSA) is 68.0 Å². The quantitative estimate of drug-likeness (QED) is 0.836. The zero-order chi connectivity index (χ0) is 11.5. The highest BCUT2D eigenvalue weighted by Crippen LogP contribution is 2.20. The molecule has 4 nitrogen and oxygen atoms in total. The van der Waals surface area contributed by atoms with Crippen LogP contribution in [0.4, 0.5) is 11.4 Å². The normalized spacial score (nSPS) is 10.1. The van der Waals surface area contributed by atoms with Gasteiger partial charge in [0.1, 0.15) is 4.88 Å². The zero-order valence-corrected chi connectivity index (χ0v) is 9.54. The van der Waals surface area contributed by atoms with Gasteiger partial charge < -0.3 is 11.1 Å². The van der Waals surface area contributed by atoms with E-state index >= 15 is 0 Å². The Morgan fingerprint density at radius 2 is 2.31 bits per heavy atom. The summed E-state index contributed by atoms with van der Waals surface area (Å²) in [7, 11) is 0. The van der Waals surface area contributed by atoms with Crippen molar-refractivity contribution in [3.63, 3.8) is 0 Å². The summed E-state index contributed by atoms with van der Waals surface area (Å²) < 4.78 is 0. The Morgan fingerprint density at radius 1 is 1.50 bits per heavy atom. The Kier molecular flexibility index (Phi) is 2.87. The minimum Gasteiger partial charge on any atom is -0.397 e. The van der Waals surface area contributed by atoms with Gasteiger partial charge in [-0.05, 0) is 30.0 Å². The number of anilines is 2. The molecule has 5 heteroatoms. The molecular weight excluding hydrogens is 222 g/mol. The van der Waals surface area contributed by atoms with Crippen molar-refractivity contribution in [2.24, 2.45) is 0 Å². The SMILES string of the molecule is Cc1cncc(NC(=O)c2sccc2N)c1. The van der Waals surface area contributed by atoms with E-state index in [4.69, 9.17) is 5.73 Å². The lowest BCUT2D eigenvalue weighted by Crippen LogP contribution is -2.12. The van der Waals surface area contributed by atoms with E-state index in [0.29, 0.717) is 16.3 Å². The summed E-state index contributed by atoms with van der Waals surface area (Å²) in [4.78, 5) is 16.3. The van der Waals surface area contributed by atoms with Crippen LogP contribution in [0.5, 0.6) is 0 Å². The third kappa shape index (κ3) is 2.20. The Morgan fingerprint density at radius 3 is 2.94 bits per heavy atom. The highest BCUT2D eigenvalue weighted by Gasteiger charge is 2.11. The molecule has 0 fully saturated rings. The number of amides is 1. The molecule has 1 amide bonds. The van der Waals surface area contributed by atoms with Crippen LogP contribution in [0, 0.1) is 6.92 Å². The maximum absolute atomic E-state index is 11.8. The number of nitrogens with one attached hydrogen (secondary N) is 1. The minimum absolute atomic E-state index is 0.195. The Bertz CT molecular complexity index is 521. The van der Waals surface area contributed by atoms with Gasteiger partial charge in [-0.15, -0.1) is 11.3 Å². The number of nitrogens with zero attached hydrogens (tertiary/aromatic N) is 1. The molecule has 82 valence electrons. The van der Waals surface area contributed by atoms with Gasteiger partial charge in [-0.1, -0.05) is 0 Å². The summed E-state index contributed by atoms with van der Waals surface area (Å²) in [6.07, 6.45) is 3.34. The average molecular weight is 233 g/mol. The highest BCUT2D eigenvalue weighted by atomic mass is 32.1. The van der Waals surface area contributed by atoms with Crippen molar-refractivity contribution in [2.45, 2.75) is 6.92 Å². The molecule has 0 spiro atoms. The molecule has 2 heterocycles. The van der Waals surface area contributed by atoms with E-state index < -0.39 is 0 Å². The maximum Gasteiger partial charge on any atom is 0.267 e. The van der Waals surface area contributed by atoms with E-state index in [9.17, 15) is 4.79 Å². The number of rotatable bonds is 2. The maximum atomic E-state index is 11.8. The molecule has 0 atom stereocenters. The molecule has 2 aromatic heterocycles. The van der Waals surface area contributed by atoms with Gasteiger partial charge in [0.25, 0.3) is 5.91 Å². The second kappa shape index (κ2) is 4.32. The predicted octanol–water partition coefficient (Wildman–Crippen LogP) is 2.29. The van der Waals surface area contributed by atoms with Crippen molar-refractivity contribution in [2.75, 3.05) is 11.1 Å². The summed E-state index contributed by atoms with van der Waals surface area (Å²) in [6.45, 7) is 1.92. The Balaban J connectivity index is 2.17. The molecule has 0 bridgehead atoms. The van der Waals surface area contributed by atoms with Crippen LogP contribution in [0.3, 0.4) is 0 Å². The highest BCUT2D eigenvalue weighted by molar-refractivity contribution is 7.12. The van der Waals surface area contributed by atoms with Gasteiger partial charge in [-0.3, -0.25) is 9.78 Å². The third-order valence-electron chi connectivity index (χ3n) is 2.03. The van der Waals surface area contributed by atoms with Crippen molar-refractivity contribution in [1.29, 1.82) is 0 Å². The molecule has 0 aromatic carbocycles. The molecule has 2 aromatic rings. The van der Waals surface area contributed by atoms with Crippen LogP contribution in [0.2, 0.25) is 0 Å². The molecule has 16 heavy (non-hydrogen) atoms. The number of nitrogens with two attached hydrogens (primary N) is 1. The molecule has 0 aliphatic rings. The second-order valence-electron chi connectivity index (χ2n) is 3.41. The van der Waals surface area contributed by atoms with Gasteiger partial charge in [0.05, 0.1) is 17.6 Å². The summed E-state index contributed by atoms with van der Waals surface area (Å²) >= 11 is 1.32. The lowest BCUT2D eigenvalue weighted by Gasteiger charge is -2.04. The minimum atomic E-state index is -0.195. The van der Waals surface area contributed by atoms with Crippen LogP contribution in [0.25, 0.3) is 0 Å². The number of hydrogen-bond donors (Lipinski definition) is 2. The van der Waals surface area contributed by atoms with Gasteiger partial charge in [0.2, 0.25) is 0 Å². The van der Waals surface area contributed by atoms with E-state index in [0.717, 1.165) is 5.56 Å². The van der Waals surface area contributed by atoms with Crippen molar-refractivity contribution in [3.05, 3.63) is 40.3 Å².